The molecular weight excluding hydrogens is 170 g/mol. The molecule has 6 heteroatoms. The monoisotopic (exact) mass is 183 g/mol. The van der Waals surface area contributed by atoms with Crippen molar-refractivity contribution >= 4 is 5.78 Å². The number of ketones is 1. The first-order chi connectivity index (χ1) is 6.22. The largest absolute Gasteiger partial charge is 0.330 e. The lowest BCUT2D eigenvalue weighted by molar-refractivity contribution is -0.118. The second-order valence-corrected chi connectivity index (χ2v) is 2.80. The third-order valence-corrected chi connectivity index (χ3v) is 1.56. The molecule has 1 aromatic heterocycles. The Morgan fingerprint density at radius 3 is 2.92 bits per heavy atom. The molecule has 0 aliphatic heterocycles. The summed E-state index contributed by atoms with van der Waals surface area (Å²) >= 11 is 0. The van der Waals surface area contributed by atoms with E-state index in [0.29, 0.717) is 18.8 Å². The molecule has 0 aliphatic rings. The molecule has 0 unspecified atom stereocenters. The van der Waals surface area contributed by atoms with Crippen molar-refractivity contribution < 1.29 is 4.79 Å². The van der Waals surface area contributed by atoms with Crippen LogP contribution >= 0.6 is 0 Å². The summed E-state index contributed by atoms with van der Waals surface area (Å²) in [5.41, 5.74) is 5.27. The summed E-state index contributed by atoms with van der Waals surface area (Å²) in [5.74, 6) is 0.586. The number of rotatable bonds is 5. The lowest BCUT2D eigenvalue weighted by Crippen LogP contribution is -2.08. The summed E-state index contributed by atoms with van der Waals surface area (Å²) in [5, 5.41) is 11.2. The summed E-state index contributed by atoms with van der Waals surface area (Å²) in [7, 11) is 1.67. The predicted molar refractivity (Wildman–Crippen MR) is 45.8 cm³/mol. The number of hydrogen-bond donors (Lipinski definition) is 1. The Balaban J connectivity index is 2.36. The van der Waals surface area contributed by atoms with Crippen LogP contribution in [0.1, 0.15) is 18.7 Å². The third-order valence-electron chi connectivity index (χ3n) is 1.56. The number of carbonyl (C=O) groups is 1. The molecule has 0 atom stereocenters. The average Bonchev–Trinajstić information content (AvgIpc) is 2.48. The highest BCUT2D eigenvalue weighted by molar-refractivity contribution is 5.79. The maximum atomic E-state index is 11.2. The van der Waals surface area contributed by atoms with Gasteiger partial charge in [-0.1, -0.05) is 0 Å². The topological polar surface area (TPSA) is 86.7 Å². The SMILES string of the molecule is Cn1nnc(CC(=O)CCCN)n1. The molecule has 1 heterocycles. The van der Waals surface area contributed by atoms with Crippen LogP contribution in [-0.4, -0.2) is 32.5 Å². The standard InChI is InChI=1S/C7H13N5O/c1-12-10-7(9-11-12)5-6(13)3-2-4-8/h2-5,8H2,1H3. The molecule has 0 radical (unpaired) electrons. The van der Waals surface area contributed by atoms with Crippen molar-refractivity contribution in [2.24, 2.45) is 12.8 Å². The van der Waals surface area contributed by atoms with Crippen molar-refractivity contribution in [1.82, 2.24) is 20.2 Å². The highest BCUT2D eigenvalue weighted by Gasteiger charge is 2.07. The maximum Gasteiger partial charge on any atom is 0.182 e. The van der Waals surface area contributed by atoms with E-state index in [0.717, 1.165) is 6.42 Å². The van der Waals surface area contributed by atoms with Crippen LogP contribution in [0.15, 0.2) is 0 Å². The van der Waals surface area contributed by atoms with Crippen LogP contribution < -0.4 is 5.73 Å². The zero-order valence-electron chi connectivity index (χ0n) is 7.60. The van der Waals surface area contributed by atoms with Crippen LogP contribution in [0.3, 0.4) is 0 Å². The predicted octanol–water partition coefficient (Wildman–Crippen LogP) is -0.939. The molecule has 6 nitrogen and oxygen atoms in total. The van der Waals surface area contributed by atoms with Crippen LogP contribution in [0.5, 0.6) is 0 Å². The fourth-order valence-corrected chi connectivity index (χ4v) is 0.958. The van der Waals surface area contributed by atoms with Gasteiger partial charge in [0.05, 0.1) is 13.5 Å². The fraction of sp³-hybridized carbons (Fsp3) is 0.714. The van der Waals surface area contributed by atoms with Crippen molar-refractivity contribution in [3.63, 3.8) is 0 Å². The van der Waals surface area contributed by atoms with E-state index in [-0.39, 0.29) is 12.2 Å². The van der Waals surface area contributed by atoms with Crippen LogP contribution in [0.2, 0.25) is 0 Å². The van der Waals surface area contributed by atoms with Crippen molar-refractivity contribution in [2.45, 2.75) is 19.3 Å². The molecule has 1 rings (SSSR count). The van der Waals surface area contributed by atoms with E-state index in [1.54, 1.807) is 7.05 Å². The lowest BCUT2D eigenvalue weighted by Gasteiger charge is -1.94. The van der Waals surface area contributed by atoms with Gasteiger partial charge in [0, 0.05) is 6.42 Å². The van der Waals surface area contributed by atoms with Crippen molar-refractivity contribution in [1.29, 1.82) is 0 Å². The number of aromatic nitrogens is 4. The van der Waals surface area contributed by atoms with E-state index in [1.807, 2.05) is 0 Å². The first-order valence-electron chi connectivity index (χ1n) is 4.17. The van der Waals surface area contributed by atoms with Gasteiger partial charge in [-0.3, -0.25) is 4.79 Å². The van der Waals surface area contributed by atoms with Gasteiger partial charge in [0.2, 0.25) is 0 Å². The summed E-state index contributed by atoms with van der Waals surface area (Å²) in [4.78, 5) is 12.5. The van der Waals surface area contributed by atoms with E-state index in [2.05, 4.69) is 15.4 Å². The Labute approximate surface area is 76.1 Å². The summed E-state index contributed by atoms with van der Waals surface area (Å²) < 4.78 is 0. The van der Waals surface area contributed by atoms with E-state index >= 15 is 0 Å². The van der Waals surface area contributed by atoms with Gasteiger partial charge in [-0.15, -0.1) is 10.2 Å². The molecule has 0 saturated carbocycles. The first-order valence-corrected chi connectivity index (χ1v) is 4.17. The van der Waals surface area contributed by atoms with Crippen LogP contribution in [0.4, 0.5) is 0 Å². The van der Waals surface area contributed by atoms with E-state index < -0.39 is 0 Å². The first kappa shape index (κ1) is 9.79. The van der Waals surface area contributed by atoms with Crippen LogP contribution in [-0.2, 0) is 18.3 Å². The molecule has 0 spiro atoms. The number of Topliss-reactive ketones (excluding diaryl/α,β-unsaturated/α-hetero) is 1. The zero-order chi connectivity index (χ0) is 9.68. The summed E-state index contributed by atoms with van der Waals surface area (Å²) in [6.45, 7) is 0.541. The molecule has 0 aromatic carbocycles. The minimum atomic E-state index is 0.110. The van der Waals surface area contributed by atoms with Crippen LogP contribution in [0, 0.1) is 0 Å². The molecule has 0 fully saturated rings. The van der Waals surface area contributed by atoms with Gasteiger partial charge in [0.15, 0.2) is 5.82 Å². The second kappa shape index (κ2) is 4.66. The van der Waals surface area contributed by atoms with Gasteiger partial charge in [-0.05, 0) is 18.2 Å². The number of hydrogen-bond acceptors (Lipinski definition) is 5. The number of nitrogens with zero attached hydrogens (tertiary/aromatic N) is 4. The fourth-order valence-electron chi connectivity index (χ4n) is 0.958. The second-order valence-electron chi connectivity index (χ2n) is 2.80. The average molecular weight is 183 g/mol. The maximum absolute atomic E-state index is 11.2. The number of aryl methyl sites for hydroxylation is 1. The van der Waals surface area contributed by atoms with Gasteiger partial charge < -0.3 is 5.73 Å². The molecule has 0 aliphatic carbocycles. The minimum absolute atomic E-state index is 0.110. The van der Waals surface area contributed by atoms with Gasteiger partial charge in [0.25, 0.3) is 0 Å². The Morgan fingerprint density at radius 2 is 2.38 bits per heavy atom. The number of tetrazole rings is 1. The molecule has 0 saturated heterocycles. The number of nitrogens with two attached hydrogens (primary N) is 1. The molecule has 2 N–H and O–H groups in total. The highest BCUT2D eigenvalue weighted by Crippen LogP contribution is 1.95. The Bertz CT molecular complexity index is 282. The third kappa shape index (κ3) is 3.29. The van der Waals surface area contributed by atoms with Crippen molar-refractivity contribution in [3.05, 3.63) is 5.82 Å². The lowest BCUT2D eigenvalue weighted by atomic mass is 10.1. The zero-order valence-corrected chi connectivity index (χ0v) is 7.60. The normalized spacial score (nSPS) is 10.3. The molecular formula is C7H13N5O. The highest BCUT2D eigenvalue weighted by atomic mass is 16.1. The van der Waals surface area contributed by atoms with Crippen molar-refractivity contribution in [3.8, 4) is 0 Å². The summed E-state index contributed by atoms with van der Waals surface area (Å²) in [6.07, 6.45) is 1.47. The van der Waals surface area contributed by atoms with Gasteiger partial charge in [-0.2, -0.15) is 4.80 Å². The van der Waals surface area contributed by atoms with E-state index in [1.165, 1.54) is 4.80 Å². The molecule has 0 amide bonds. The molecule has 1 aromatic rings. The van der Waals surface area contributed by atoms with Gasteiger partial charge in [0.1, 0.15) is 5.78 Å². The van der Waals surface area contributed by atoms with Crippen molar-refractivity contribution in [2.75, 3.05) is 6.54 Å². The van der Waals surface area contributed by atoms with Crippen LogP contribution in [0.25, 0.3) is 0 Å². The Morgan fingerprint density at radius 1 is 1.62 bits per heavy atom. The summed E-state index contributed by atoms with van der Waals surface area (Å²) in [6, 6.07) is 0. The molecule has 13 heavy (non-hydrogen) atoms. The van der Waals surface area contributed by atoms with Gasteiger partial charge >= 0.3 is 0 Å². The molecule has 0 bridgehead atoms. The Kier molecular flexibility index (Phi) is 3.51. The van der Waals surface area contributed by atoms with E-state index in [9.17, 15) is 4.79 Å². The molecule has 72 valence electrons. The van der Waals surface area contributed by atoms with E-state index in [4.69, 9.17) is 5.73 Å². The minimum Gasteiger partial charge on any atom is -0.330 e. The smallest absolute Gasteiger partial charge is 0.182 e. The Hall–Kier alpha value is -1.30. The number of carbonyl (C=O) groups excluding carboxylic acids is 1. The quantitative estimate of drug-likeness (QED) is 0.636. The van der Waals surface area contributed by atoms with Gasteiger partial charge in [-0.25, -0.2) is 0 Å².